The van der Waals surface area contributed by atoms with Gasteiger partial charge in [0.05, 0.1) is 13.2 Å². The van der Waals surface area contributed by atoms with Crippen molar-refractivity contribution in [2.45, 2.75) is 50.6 Å². The fourth-order valence-electron chi connectivity index (χ4n) is 2.93. The second-order valence-corrected chi connectivity index (χ2v) is 5.31. The highest BCUT2D eigenvalue weighted by atomic mass is 16.5. The molecule has 94 valence electrons. The lowest BCUT2D eigenvalue weighted by atomic mass is 10.1. The Balaban J connectivity index is 1.74. The number of hydrogen-bond acceptors (Lipinski definition) is 3. The summed E-state index contributed by atoms with van der Waals surface area (Å²) in [5.41, 5.74) is 0. The van der Waals surface area contributed by atoms with Crippen LogP contribution in [0.15, 0.2) is 0 Å². The van der Waals surface area contributed by atoms with Crippen LogP contribution in [-0.2, 0) is 4.74 Å². The van der Waals surface area contributed by atoms with Gasteiger partial charge < -0.3 is 15.0 Å². The summed E-state index contributed by atoms with van der Waals surface area (Å²) < 4.78 is 5.51. The van der Waals surface area contributed by atoms with Gasteiger partial charge >= 0.3 is 0 Å². The number of hydrogen-bond donors (Lipinski definition) is 1. The zero-order chi connectivity index (χ0) is 11.2. The maximum atomic E-state index is 5.51. The monoisotopic (exact) mass is 226 g/mol. The summed E-state index contributed by atoms with van der Waals surface area (Å²) in [6.07, 6.45) is 8.51. The van der Waals surface area contributed by atoms with Crippen LogP contribution in [-0.4, -0.2) is 50.3 Å². The van der Waals surface area contributed by atoms with Gasteiger partial charge in [-0.2, -0.15) is 0 Å². The molecular formula is C13H26N2O. The van der Waals surface area contributed by atoms with Crippen molar-refractivity contribution in [2.24, 2.45) is 0 Å². The summed E-state index contributed by atoms with van der Waals surface area (Å²) in [5, 5.41) is 3.54. The summed E-state index contributed by atoms with van der Waals surface area (Å²) in [4.78, 5) is 2.55. The molecule has 1 saturated heterocycles. The average Bonchev–Trinajstić information content (AvgIpc) is 2.59. The van der Waals surface area contributed by atoms with Gasteiger partial charge in [-0.3, -0.25) is 0 Å². The number of nitrogens with one attached hydrogen (secondary N) is 1. The highest BCUT2D eigenvalue weighted by molar-refractivity contribution is 4.78. The van der Waals surface area contributed by atoms with Gasteiger partial charge in [-0.25, -0.2) is 0 Å². The van der Waals surface area contributed by atoms with Crippen LogP contribution in [0.3, 0.4) is 0 Å². The van der Waals surface area contributed by atoms with E-state index >= 15 is 0 Å². The molecule has 16 heavy (non-hydrogen) atoms. The van der Waals surface area contributed by atoms with Gasteiger partial charge in [0.2, 0.25) is 0 Å². The van der Waals surface area contributed by atoms with E-state index in [0.717, 1.165) is 32.3 Å². The topological polar surface area (TPSA) is 24.5 Å². The molecule has 2 rings (SSSR count). The molecule has 0 amide bonds. The van der Waals surface area contributed by atoms with Gasteiger partial charge in [0.15, 0.2) is 0 Å². The predicted molar refractivity (Wildman–Crippen MR) is 66.7 cm³/mol. The molecule has 1 saturated carbocycles. The van der Waals surface area contributed by atoms with Crippen LogP contribution in [0.4, 0.5) is 0 Å². The maximum Gasteiger partial charge on any atom is 0.0632 e. The van der Waals surface area contributed by atoms with E-state index in [1.165, 1.54) is 38.5 Å². The molecule has 1 atom stereocenters. The van der Waals surface area contributed by atoms with Crippen molar-refractivity contribution in [1.82, 2.24) is 10.2 Å². The number of nitrogens with zero attached hydrogens (tertiary/aromatic N) is 1. The Labute approximate surface area is 99.5 Å². The zero-order valence-corrected chi connectivity index (χ0v) is 10.6. The Kier molecular flexibility index (Phi) is 5.07. The molecule has 1 aliphatic heterocycles. The van der Waals surface area contributed by atoms with E-state index in [1.807, 2.05) is 0 Å². The summed E-state index contributed by atoms with van der Waals surface area (Å²) in [6.45, 7) is 3.93. The number of likely N-dealkylation sites (N-methyl/N-ethyl adjacent to an activating group) is 1. The lowest BCUT2D eigenvalue weighted by Crippen LogP contribution is -2.49. The van der Waals surface area contributed by atoms with Gasteiger partial charge in [-0.1, -0.05) is 25.7 Å². The van der Waals surface area contributed by atoms with Gasteiger partial charge in [0, 0.05) is 25.2 Å². The molecule has 2 fully saturated rings. The van der Waals surface area contributed by atoms with Crippen LogP contribution in [0.25, 0.3) is 0 Å². The molecule has 2 aliphatic rings. The van der Waals surface area contributed by atoms with E-state index in [1.54, 1.807) is 0 Å². The molecule has 0 radical (unpaired) electrons. The fourth-order valence-corrected chi connectivity index (χ4v) is 2.93. The SMILES string of the molecule is CN(CC1COCCN1)C1CCCCCC1. The summed E-state index contributed by atoms with van der Waals surface area (Å²) in [5.74, 6) is 0. The largest absolute Gasteiger partial charge is 0.378 e. The summed E-state index contributed by atoms with van der Waals surface area (Å²) in [7, 11) is 2.28. The second-order valence-electron chi connectivity index (χ2n) is 5.31. The lowest BCUT2D eigenvalue weighted by Gasteiger charge is -2.33. The quantitative estimate of drug-likeness (QED) is 0.740. The van der Waals surface area contributed by atoms with Crippen molar-refractivity contribution in [1.29, 1.82) is 0 Å². The smallest absolute Gasteiger partial charge is 0.0632 e. The van der Waals surface area contributed by atoms with E-state index in [9.17, 15) is 0 Å². The Bertz CT molecular complexity index is 184. The lowest BCUT2D eigenvalue weighted by molar-refractivity contribution is 0.0582. The highest BCUT2D eigenvalue weighted by Gasteiger charge is 2.21. The number of rotatable bonds is 3. The minimum atomic E-state index is 0.544. The molecular weight excluding hydrogens is 200 g/mol. The first-order valence-electron chi connectivity index (χ1n) is 6.87. The first-order chi connectivity index (χ1) is 7.86. The first-order valence-corrected chi connectivity index (χ1v) is 6.87. The van der Waals surface area contributed by atoms with E-state index in [2.05, 4.69) is 17.3 Å². The number of morpholine rings is 1. The third kappa shape index (κ3) is 3.72. The average molecular weight is 226 g/mol. The molecule has 1 N–H and O–H groups in total. The van der Waals surface area contributed by atoms with Crippen molar-refractivity contribution >= 4 is 0 Å². The van der Waals surface area contributed by atoms with Gasteiger partial charge in [-0.15, -0.1) is 0 Å². The van der Waals surface area contributed by atoms with Gasteiger partial charge in [-0.05, 0) is 19.9 Å². The molecule has 0 bridgehead atoms. The van der Waals surface area contributed by atoms with E-state index in [-0.39, 0.29) is 0 Å². The minimum Gasteiger partial charge on any atom is -0.378 e. The molecule has 1 heterocycles. The van der Waals surface area contributed by atoms with E-state index in [4.69, 9.17) is 4.74 Å². The molecule has 0 aromatic heterocycles. The Morgan fingerprint density at radius 3 is 2.56 bits per heavy atom. The van der Waals surface area contributed by atoms with Crippen LogP contribution in [0.2, 0.25) is 0 Å². The Morgan fingerprint density at radius 2 is 1.94 bits per heavy atom. The summed E-state index contributed by atoms with van der Waals surface area (Å²) in [6, 6.07) is 1.35. The Hall–Kier alpha value is -0.120. The van der Waals surface area contributed by atoms with Crippen molar-refractivity contribution in [3.8, 4) is 0 Å². The van der Waals surface area contributed by atoms with Crippen molar-refractivity contribution in [3.05, 3.63) is 0 Å². The van der Waals surface area contributed by atoms with Crippen molar-refractivity contribution in [2.75, 3.05) is 33.4 Å². The third-order valence-electron chi connectivity index (χ3n) is 3.95. The minimum absolute atomic E-state index is 0.544. The van der Waals surface area contributed by atoms with Crippen LogP contribution in [0, 0.1) is 0 Å². The second kappa shape index (κ2) is 6.58. The Morgan fingerprint density at radius 1 is 1.19 bits per heavy atom. The normalized spacial score (nSPS) is 29.2. The van der Waals surface area contributed by atoms with Crippen LogP contribution in [0.1, 0.15) is 38.5 Å². The molecule has 3 nitrogen and oxygen atoms in total. The van der Waals surface area contributed by atoms with Crippen LogP contribution in [0.5, 0.6) is 0 Å². The van der Waals surface area contributed by atoms with Gasteiger partial charge in [0.25, 0.3) is 0 Å². The molecule has 1 aliphatic carbocycles. The van der Waals surface area contributed by atoms with E-state index < -0.39 is 0 Å². The molecule has 0 aromatic rings. The molecule has 0 aromatic carbocycles. The zero-order valence-electron chi connectivity index (χ0n) is 10.6. The van der Waals surface area contributed by atoms with Crippen molar-refractivity contribution in [3.63, 3.8) is 0 Å². The first kappa shape index (κ1) is 12.3. The summed E-state index contributed by atoms with van der Waals surface area (Å²) >= 11 is 0. The van der Waals surface area contributed by atoms with Crippen LogP contribution < -0.4 is 5.32 Å². The molecule has 1 unspecified atom stereocenters. The standard InChI is InChI=1S/C13H26N2O/c1-15(10-12-11-16-9-8-14-12)13-6-4-2-3-5-7-13/h12-14H,2-11H2,1H3. The predicted octanol–water partition coefficient (Wildman–Crippen LogP) is 1.63. The number of ether oxygens (including phenoxy) is 1. The van der Waals surface area contributed by atoms with Crippen molar-refractivity contribution < 1.29 is 4.74 Å². The fraction of sp³-hybridized carbons (Fsp3) is 1.00. The highest BCUT2D eigenvalue weighted by Crippen LogP contribution is 2.21. The maximum absolute atomic E-state index is 5.51. The van der Waals surface area contributed by atoms with Crippen LogP contribution >= 0.6 is 0 Å². The third-order valence-corrected chi connectivity index (χ3v) is 3.95. The van der Waals surface area contributed by atoms with E-state index in [0.29, 0.717) is 6.04 Å². The molecule has 0 spiro atoms. The molecule has 3 heteroatoms. The van der Waals surface area contributed by atoms with Gasteiger partial charge in [0.1, 0.15) is 0 Å².